The van der Waals surface area contributed by atoms with Crippen LogP contribution < -0.4 is 11.1 Å². The normalized spacial score (nSPS) is 32.6. The van der Waals surface area contributed by atoms with Gasteiger partial charge in [-0.25, -0.2) is 0 Å². The van der Waals surface area contributed by atoms with Crippen molar-refractivity contribution in [1.82, 2.24) is 5.32 Å². The van der Waals surface area contributed by atoms with Gasteiger partial charge in [0, 0.05) is 18.4 Å². The largest absolute Gasteiger partial charge is 0.370 e. The summed E-state index contributed by atoms with van der Waals surface area (Å²) in [5.74, 6) is -0.832. The van der Waals surface area contributed by atoms with Gasteiger partial charge in [-0.1, -0.05) is 19.8 Å². The van der Waals surface area contributed by atoms with E-state index in [1.165, 1.54) is 0 Å². The Morgan fingerprint density at radius 2 is 1.90 bits per heavy atom. The summed E-state index contributed by atoms with van der Waals surface area (Å²) in [4.78, 5) is 23.5. The number of nitrogens with two attached hydrogens (primary N) is 1. The summed E-state index contributed by atoms with van der Waals surface area (Å²) in [6.07, 6.45) is 7.37. The summed E-state index contributed by atoms with van der Waals surface area (Å²) in [6, 6.07) is 0. The van der Waals surface area contributed by atoms with E-state index >= 15 is 0 Å². The first-order valence-corrected chi connectivity index (χ1v) is 7.86. The monoisotopic (exact) mass is 282 g/mol. The van der Waals surface area contributed by atoms with Gasteiger partial charge < -0.3 is 15.8 Å². The van der Waals surface area contributed by atoms with E-state index in [1.807, 2.05) is 0 Å². The second kappa shape index (κ2) is 7.07. The van der Waals surface area contributed by atoms with E-state index < -0.39 is 0 Å². The standard InChI is InChI=1S/C15H26N2O3/c1-2-12-13(20-12)8-5-9-17-15(19)11-7-4-3-6-10(11)14(16)18/h10-13H,2-9H2,1H3,(H2,16,18)(H,17,19). The topological polar surface area (TPSA) is 84.7 Å². The molecule has 2 fully saturated rings. The van der Waals surface area contributed by atoms with Gasteiger partial charge in [0.2, 0.25) is 11.8 Å². The molecule has 2 aliphatic rings. The van der Waals surface area contributed by atoms with Crippen molar-refractivity contribution in [3.8, 4) is 0 Å². The fourth-order valence-electron chi connectivity index (χ4n) is 3.22. The zero-order valence-electron chi connectivity index (χ0n) is 12.3. The first kappa shape index (κ1) is 15.3. The molecule has 0 aromatic rings. The molecule has 1 aliphatic heterocycles. The number of carbonyl (C=O) groups excluding carboxylic acids is 2. The van der Waals surface area contributed by atoms with Gasteiger partial charge in [-0.05, 0) is 32.1 Å². The van der Waals surface area contributed by atoms with E-state index in [0.717, 1.165) is 44.9 Å². The van der Waals surface area contributed by atoms with E-state index in [2.05, 4.69) is 12.2 Å². The lowest BCUT2D eigenvalue weighted by Gasteiger charge is -2.28. The Kier molecular flexibility index (Phi) is 5.40. The van der Waals surface area contributed by atoms with Gasteiger partial charge in [-0.3, -0.25) is 9.59 Å². The lowest BCUT2D eigenvalue weighted by Crippen LogP contribution is -2.42. The van der Waals surface area contributed by atoms with Gasteiger partial charge in [-0.2, -0.15) is 0 Å². The second-order valence-electron chi connectivity index (χ2n) is 5.95. The average molecular weight is 282 g/mol. The average Bonchev–Trinajstić information content (AvgIpc) is 3.22. The van der Waals surface area contributed by atoms with Crippen LogP contribution in [0.5, 0.6) is 0 Å². The van der Waals surface area contributed by atoms with Crippen molar-refractivity contribution in [2.24, 2.45) is 17.6 Å². The summed E-state index contributed by atoms with van der Waals surface area (Å²) in [7, 11) is 0. The quantitative estimate of drug-likeness (QED) is 0.546. The maximum atomic E-state index is 12.1. The molecule has 4 unspecified atom stereocenters. The van der Waals surface area contributed by atoms with Crippen LogP contribution in [0, 0.1) is 11.8 Å². The zero-order chi connectivity index (χ0) is 14.5. The molecule has 4 atom stereocenters. The molecule has 1 saturated carbocycles. The van der Waals surface area contributed by atoms with Crippen LogP contribution in [0.25, 0.3) is 0 Å². The number of epoxide rings is 1. The number of carbonyl (C=O) groups is 2. The van der Waals surface area contributed by atoms with Crippen LogP contribution in [0.1, 0.15) is 51.9 Å². The molecular weight excluding hydrogens is 256 g/mol. The molecule has 0 aromatic heterocycles. The predicted molar refractivity (Wildman–Crippen MR) is 75.8 cm³/mol. The third kappa shape index (κ3) is 3.95. The van der Waals surface area contributed by atoms with Crippen LogP contribution in [0.15, 0.2) is 0 Å². The molecule has 2 rings (SSSR count). The maximum absolute atomic E-state index is 12.1. The SMILES string of the molecule is CCC1OC1CCCNC(=O)C1CCCCC1C(N)=O. The second-order valence-corrected chi connectivity index (χ2v) is 5.95. The molecular formula is C15H26N2O3. The highest BCUT2D eigenvalue weighted by Gasteiger charge is 2.36. The van der Waals surface area contributed by atoms with Crippen LogP contribution in [0.4, 0.5) is 0 Å². The van der Waals surface area contributed by atoms with Gasteiger partial charge in [-0.15, -0.1) is 0 Å². The number of nitrogens with one attached hydrogen (secondary N) is 1. The van der Waals surface area contributed by atoms with E-state index in [9.17, 15) is 9.59 Å². The Hall–Kier alpha value is -1.10. The van der Waals surface area contributed by atoms with Crippen LogP contribution in [-0.4, -0.2) is 30.6 Å². The van der Waals surface area contributed by atoms with E-state index in [4.69, 9.17) is 10.5 Å². The predicted octanol–water partition coefficient (Wildman–Crippen LogP) is 1.35. The van der Waals surface area contributed by atoms with Crippen LogP contribution >= 0.6 is 0 Å². The van der Waals surface area contributed by atoms with Crippen molar-refractivity contribution in [1.29, 1.82) is 0 Å². The Labute approximate surface area is 120 Å². The van der Waals surface area contributed by atoms with Gasteiger partial charge in [0.25, 0.3) is 0 Å². The molecule has 5 nitrogen and oxygen atoms in total. The molecule has 1 heterocycles. The fraction of sp³-hybridized carbons (Fsp3) is 0.867. The van der Waals surface area contributed by atoms with E-state index in [-0.39, 0.29) is 23.7 Å². The Morgan fingerprint density at radius 3 is 2.50 bits per heavy atom. The lowest BCUT2D eigenvalue weighted by atomic mass is 9.78. The smallest absolute Gasteiger partial charge is 0.223 e. The van der Waals surface area contributed by atoms with Gasteiger partial charge >= 0.3 is 0 Å². The maximum Gasteiger partial charge on any atom is 0.223 e. The minimum Gasteiger partial charge on any atom is -0.370 e. The third-order valence-corrected chi connectivity index (χ3v) is 4.52. The minimum absolute atomic E-state index is 0.00254. The number of rotatable bonds is 7. The molecule has 0 aromatic carbocycles. The highest BCUT2D eigenvalue weighted by molar-refractivity contribution is 5.87. The number of amides is 2. The number of hydrogen-bond acceptors (Lipinski definition) is 3. The summed E-state index contributed by atoms with van der Waals surface area (Å²) in [5, 5.41) is 2.95. The Bertz CT molecular complexity index is 359. The first-order chi connectivity index (χ1) is 9.63. The fourth-order valence-corrected chi connectivity index (χ4v) is 3.22. The molecule has 20 heavy (non-hydrogen) atoms. The van der Waals surface area contributed by atoms with E-state index in [1.54, 1.807) is 0 Å². The van der Waals surface area contributed by atoms with Crippen molar-refractivity contribution >= 4 is 11.8 Å². The van der Waals surface area contributed by atoms with Crippen LogP contribution in [0.2, 0.25) is 0 Å². The molecule has 1 aliphatic carbocycles. The minimum atomic E-state index is -0.331. The Morgan fingerprint density at radius 1 is 1.20 bits per heavy atom. The Balaban J connectivity index is 1.66. The van der Waals surface area contributed by atoms with Crippen molar-refractivity contribution in [2.75, 3.05) is 6.54 Å². The molecule has 114 valence electrons. The van der Waals surface area contributed by atoms with Crippen molar-refractivity contribution in [3.05, 3.63) is 0 Å². The van der Waals surface area contributed by atoms with Crippen molar-refractivity contribution in [2.45, 2.75) is 64.1 Å². The van der Waals surface area contributed by atoms with Crippen molar-refractivity contribution in [3.63, 3.8) is 0 Å². The van der Waals surface area contributed by atoms with Crippen molar-refractivity contribution < 1.29 is 14.3 Å². The molecule has 0 bridgehead atoms. The molecule has 0 radical (unpaired) electrons. The zero-order valence-corrected chi connectivity index (χ0v) is 12.3. The van der Waals surface area contributed by atoms with Crippen LogP contribution in [-0.2, 0) is 14.3 Å². The van der Waals surface area contributed by atoms with Gasteiger partial charge in [0.05, 0.1) is 12.2 Å². The molecule has 1 saturated heterocycles. The van der Waals surface area contributed by atoms with Gasteiger partial charge in [0.15, 0.2) is 0 Å². The van der Waals surface area contributed by atoms with Crippen LogP contribution in [0.3, 0.4) is 0 Å². The highest BCUT2D eigenvalue weighted by atomic mass is 16.6. The van der Waals surface area contributed by atoms with E-state index in [0.29, 0.717) is 18.8 Å². The summed E-state index contributed by atoms with van der Waals surface area (Å²) in [5.41, 5.74) is 5.39. The number of ether oxygens (including phenoxy) is 1. The lowest BCUT2D eigenvalue weighted by molar-refractivity contribution is -0.134. The van der Waals surface area contributed by atoms with Gasteiger partial charge in [0.1, 0.15) is 0 Å². The summed E-state index contributed by atoms with van der Waals surface area (Å²) >= 11 is 0. The number of primary amides is 1. The molecule has 0 spiro atoms. The number of hydrogen-bond donors (Lipinski definition) is 2. The summed E-state index contributed by atoms with van der Waals surface area (Å²) in [6.45, 7) is 2.79. The first-order valence-electron chi connectivity index (χ1n) is 7.86. The molecule has 2 amide bonds. The summed E-state index contributed by atoms with van der Waals surface area (Å²) < 4.78 is 5.46. The highest BCUT2D eigenvalue weighted by Crippen LogP contribution is 2.30. The third-order valence-electron chi connectivity index (χ3n) is 4.52. The molecule has 3 N–H and O–H groups in total. The molecule has 5 heteroatoms.